The summed E-state index contributed by atoms with van der Waals surface area (Å²) in [4.78, 5) is 14.7. The standard InChI is InChI=1S/C19H28N2O3.ClH/c1-20-12-15-4-2-10-21(13-15)19(22)16-6-8-17(9-7-16)24-14-18-5-3-11-23-18;/h6-9,15,18,20H,2-5,10-14H2,1H3;1H. The van der Waals surface area contributed by atoms with Gasteiger partial charge in [-0.2, -0.15) is 0 Å². The molecule has 1 amide bonds. The third-order valence-electron chi connectivity index (χ3n) is 4.86. The fourth-order valence-electron chi connectivity index (χ4n) is 3.55. The number of hydrogen-bond donors (Lipinski definition) is 1. The Bertz CT molecular complexity index is 530. The van der Waals surface area contributed by atoms with Gasteiger partial charge in [0, 0.05) is 25.3 Å². The van der Waals surface area contributed by atoms with Crippen LogP contribution in [0.25, 0.3) is 0 Å². The molecule has 2 saturated heterocycles. The van der Waals surface area contributed by atoms with Crippen LogP contribution >= 0.6 is 12.4 Å². The molecule has 1 aromatic rings. The molecule has 2 heterocycles. The Labute approximate surface area is 156 Å². The van der Waals surface area contributed by atoms with Gasteiger partial charge in [-0.25, -0.2) is 0 Å². The van der Waals surface area contributed by atoms with Gasteiger partial charge < -0.3 is 19.7 Å². The molecule has 0 spiro atoms. The number of amides is 1. The average molecular weight is 369 g/mol. The van der Waals surface area contributed by atoms with Gasteiger partial charge in [-0.15, -0.1) is 12.4 Å². The highest BCUT2D eigenvalue weighted by Crippen LogP contribution is 2.20. The van der Waals surface area contributed by atoms with Gasteiger partial charge in [0.25, 0.3) is 5.91 Å². The number of hydrogen-bond acceptors (Lipinski definition) is 4. The number of nitrogens with zero attached hydrogens (tertiary/aromatic N) is 1. The van der Waals surface area contributed by atoms with Crippen molar-refractivity contribution in [2.24, 2.45) is 5.92 Å². The topological polar surface area (TPSA) is 50.8 Å². The SMILES string of the molecule is CNCC1CCCN(C(=O)c2ccc(OCC3CCCO3)cc2)C1.Cl. The van der Waals surface area contributed by atoms with Crippen LogP contribution in [0, 0.1) is 5.92 Å². The van der Waals surface area contributed by atoms with Gasteiger partial charge in [0.05, 0.1) is 6.10 Å². The van der Waals surface area contributed by atoms with Crippen molar-refractivity contribution in [3.05, 3.63) is 29.8 Å². The molecule has 2 aliphatic heterocycles. The van der Waals surface area contributed by atoms with Crippen molar-refractivity contribution in [3.8, 4) is 5.75 Å². The van der Waals surface area contributed by atoms with E-state index in [2.05, 4.69) is 5.32 Å². The van der Waals surface area contributed by atoms with E-state index in [-0.39, 0.29) is 24.4 Å². The molecule has 1 N–H and O–H groups in total. The van der Waals surface area contributed by atoms with Crippen LogP contribution in [0.4, 0.5) is 0 Å². The number of carbonyl (C=O) groups excluding carboxylic acids is 1. The van der Waals surface area contributed by atoms with E-state index in [4.69, 9.17) is 9.47 Å². The summed E-state index contributed by atoms with van der Waals surface area (Å²) in [6, 6.07) is 7.51. The maximum atomic E-state index is 12.7. The quantitative estimate of drug-likeness (QED) is 0.838. The molecule has 2 unspecified atom stereocenters. The predicted octanol–water partition coefficient (Wildman–Crippen LogP) is 2.74. The second kappa shape index (κ2) is 10.00. The first kappa shape index (κ1) is 20.0. The summed E-state index contributed by atoms with van der Waals surface area (Å²) in [6.07, 6.45) is 4.68. The van der Waals surface area contributed by atoms with Crippen molar-refractivity contribution >= 4 is 18.3 Å². The molecular weight excluding hydrogens is 340 g/mol. The van der Waals surface area contributed by atoms with Gasteiger partial charge in [-0.1, -0.05) is 0 Å². The second-order valence-corrected chi connectivity index (χ2v) is 6.79. The Kier molecular flexibility index (Phi) is 8.00. The summed E-state index contributed by atoms with van der Waals surface area (Å²) < 4.78 is 11.3. The van der Waals surface area contributed by atoms with Crippen molar-refractivity contribution < 1.29 is 14.3 Å². The van der Waals surface area contributed by atoms with E-state index in [0.717, 1.165) is 56.8 Å². The molecule has 0 aromatic heterocycles. The summed E-state index contributed by atoms with van der Waals surface area (Å²) in [6.45, 7) is 4.10. The summed E-state index contributed by atoms with van der Waals surface area (Å²) in [5, 5.41) is 3.22. The molecule has 5 nitrogen and oxygen atoms in total. The molecule has 140 valence electrons. The van der Waals surface area contributed by atoms with E-state index >= 15 is 0 Å². The Morgan fingerprint density at radius 3 is 2.76 bits per heavy atom. The fraction of sp³-hybridized carbons (Fsp3) is 0.632. The number of halogens is 1. The van der Waals surface area contributed by atoms with Crippen molar-refractivity contribution in [2.45, 2.75) is 31.8 Å². The van der Waals surface area contributed by atoms with E-state index < -0.39 is 0 Å². The van der Waals surface area contributed by atoms with E-state index in [1.54, 1.807) is 0 Å². The highest BCUT2D eigenvalue weighted by Gasteiger charge is 2.24. The van der Waals surface area contributed by atoms with E-state index in [1.165, 1.54) is 6.42 Å². The highest BCUT2D eigenvalue weighted by molar-refractivity contribution is 5.94. The van der Waals surface area contributed by atoms with Crippen LogP contribution in [-0.2, 0) is 4.74 Å². The van der Waals surface area contributed by atoms with Gasteiger partial charge in [-0.3, -0.25) is 4.79 Å². The summed E-state index contributed by atoms with van der Waals surface area (Å²) >= 11 is 0. The molecule has 0 radical (unpaired) electrons. The monoisotopic (exact) mass is 368 g/mol. The molecule has 0 bridgehead atoms. The third kappa shape index (κ3) is 5.59. The minimum atomic E-state index is 0. The lowest BCUT2D eigenvalue weighted by Crippen LogP contribution is -2.42. The zero-order chi connectivity index (χ0) is 16.8. The lowest BCUT2D eigenvalue weighted by molar-refractivity contribution is 0.0667. The van der Waals surface area contributed by atoms with Crippen LogP contribution < -0.4 is 10.1 Å². The number of carbonyl (C=O) groups is 1. The van der Waals surface area contributed by atoms with Crippen LogP contribution in [0.15, 0.2) is 24.3 Å². The lowest BCUT2D eigenvalue weighted by atomic mass is 9.97. The van der Waals surface area contributed by atoms with E-state index in [9.17, 15) is 4.79 Å². The lowest BCUT2D eigenvalue weighted by Gasteiger charge is -2.32. The van der Waals surface area contributed by atoms with Gasteiger partial charge in [0.2, 0.25) is 0 Å². The number of nitrogens with one attached hydrogen (secondary N) is 1. The molecule has 2 fully saturated rings. The average Bonchev–Trinajstić information content (AvgIpc) is 3.14. The molecule has 2 atom stereocenters. The van der Waals surface area contributed by atoms with Crippen LogP contribution in [0.2, 0.25) is 0 Å². The number of likely N-dealkylation sites (tertiary alicyclic amines) is 1. The molecule has 0 aliphatic carbocycles. The fourth-order valence-corrected chi connectivity index (χ4v) is 3.55. The van der Waals surface area contributed by atoms with Gasteiger partial charge in [0.1, 0.15) is 12.4 Å². The molecular formula is C19H29ClN2O3. The summed E-state index contributed by atoms with van der Waals surface area (Å²) in [5.41, 5.74) is 0.740. The maximum absolute atomic E-state index is 12.7. The van der Waals surface area contributed by atoms with Gasteiger partial charge in [-0.05, 0) is 69.5 Å². The summed E-state index contributed by atoms with van der Waals surface area (Å²) in [5.74, 6) is 1.48. The summed E-state index contributed by atoms with van der Waals surface area (Å²) in [7, 11) is 1.97. The Balaban J connectivity index is 0.00000225. The first-order valence-corrected chi connectivity index (χ1v) is 9.04. The predicted molar refractivity (Wildman–Crippen MR) is 101 cm³/mol. The largest absolute Gasteiger partial charge is 0.491 e. The van der Waals surface area contributed by atoms with Crippen LogP contribution in [0.3, 0.4) is 0 Å². The minimum absolute atomic E-state index is 0. The first-order chi connectivity index (χ1) is 11.8. The van der Waals surface area contributed by atoms with Crippen molar-refractivity contribution in [1.82, 2.24) is 10.2 Å². The maximum Gasteiger partial charge on any atom is 0.253 e. The number of rotatable bonds is 6. The Morgan fingerprint density at radius 1 is 1.28 bits per heavy atom. The smallest absolute Gasteiger partial charge is 0.253 e. The van der Waals surface area contributed by atoms with Crippen molar-refractivity contribution in [3.63, 3.8) is 0 Å². The Hall–Kier alpha value is -1.30. The number of piperidine rings is 1. The molecule has 2 aliphatic rings. The Morgan fingerprint density at radius 2 is 2.08 bits per heavy atom. The number of benzene rings is 1. The molecule has 6 heteroatoms. The van der Waals surface area contributed by atoms with E-state index in [0.29, 0.717) is 12.5 Å². The normalized spacial score (nSPS) is 23.2. The highest BCUT2D eigenvalue weighted by atomic mass is 35.5. The molecule has 1 aromatic carbocycles. The number of ether oxygens (including phenoxy) is 2. The molecule has 3 rings (SSSR count). The van der Waals surface area contributed by atoms with Crippen LogP contribution in [0.1, 0.15) is 36.0 Å². The van der Waals surface area contributed by atoms with Crippen LogP contribution in [-0.4, -0.2) is 56.8 Å². The molecule has 25 heavy (non-hydrogen) atoms. The minimum Gasteiger partial charge on any atom is -0.491 e. The third-order valence-corrected chi connectivity index (χ3v) is 4.86. The van der Waals surface area contributed by atoms with Gasteiger partial charge >= 0.3 is 0 Å². The van der Waals surface area contributed by atoms with E-state index in [1.807, 2.05) is 36.2 Å². The van der Waals surface area contributed by atoms with Crippen LogP contribution in [0.5, 0.6) is 5.75 Å². The second-order valence-electron chi connectivity index (χ2n) is 6.79. The van der Waals surface area contributed by atoms with Crippen molar-refractivity contribution in [2.75, 3.05) is 39.9 Å². The first-order valence-electron chi connectivity index (χ1n) is 9.04. The zero-order valence-electron chi connectivity index (χ0n) is 14.9. The zero-order valence-corrected chi connectivity index (χ0v) is 15.7. The van der Waals surface area contributed by atoms with Gasteiger partial charge in [0.15, 0.2) is 0 Å². The van der Waals surface area contributed by atoms with Crippen molar-refractivity contribution in [1.29, 1.82) is 0 Å². The molecule has 0 saturated carbocycles.